The number of carbonyl (C=O) groups is 1. The Morgan fingerprint density at radius 1 is 1.05 bits per heavy atom. The number of benzene rings is 3. The Hall–Kier alpha value is -2.59. The van der Waals surface area contributed by atoms with Crippen LogP contribution in [0.5, 0.6) is 11.5 Å². The van der Waals surface area contributed by atoms with Gasteiger partial charge in [-0.25, -0.2) is 4.99 Å². The van der Waals surface area contributed by atoms with Gasteiger partial charge in [-0.3, -0.25) is 4.79 Å². The number of anilines is 1. The predicted molar refractivity (Wildman–Crippen MR) is 174 cm³/mol. The number of rotatable bonds is 9. The summed E-state index contributed by atoms with van der Waals surface area (Å²) in [5.74, 6) is 1.16. The third-order valence-corrected chi connectivity index (χ3v) is 9.18. The van der Waals surface area contributed by atoms with Gasteiger partial charge in [-0.15, -0.1) is 11.3 Å². The lowest BCUT2D eigenvalue weighted by molar-refractivity contribution is 0.102. The van der Waals surface area contributed by atoms with Crippen LogP contribution in [0.15, 0.2) is 65.7 Å². The highest BCUT2D eigenvalue weighted by Crippen LogP contribution is 2.41. The van der Waals surface area contributed by atoms with Crippen LogP contribution in [0.2, 0.25) is 10.0 Å². The van der Waals surface area contributed by atoms with Crippen molar-refractivity contribution < 1.29 is 14.3 Å². The lowest BCUT2D eigenvalue weighted by Gasteiger charge is -2.15. The van der Waals surface area contributed by atoms with Crippen molar-refractivity contribution >= 4 is 79.9 Å². The average Bonchev–Trinajstić information content (AvgIpc) is 3.32. The second-order valence-electron chi connectivity index (χ2n) is 9.27. The van der Waals surface area contributed by atoms with Gasteiger partial charge in [0.25, 0.3) is 5.91 Å². The summed E-state index contributed by atoms with van der Waals surface area (Å²) in [7, 11) is 0. The van der Waals surface area contributed by atoms with Crippen LogP contribution in [0.25, 0.3) is 0 Å². The van der Waals surface area contributed by atoms with Gasteiger partial charge in [0.05, 0.1) is 25.8 Å². The molecule has 1 aliphatic rings. The Labute approximate surface area is 261 Å². The molecule has 0 unspecified atom stereocenters. The summed E-state index contributed by atoms with van der Waals surface area (Å²) in [6.45, 7) is 2.74. The highest BCUT2D eigenvalue weighted by molar-refractivity contribution is 14.1. The molecular formula is C31H27Cl2IN2O3S. The van der Waals surface area contributed by atoms with Gasteiger partial charge in [0.1, 0.15) is 11.6 Å². The lowest BCUT2D eigenvalue weighted by Crippen LogP contribution is -2.14. The number of hydrogen-bond donors (Lipinski definition) is 1. The van der Waals surface area contributed by atoms with Crippen molar-refractivity contribution in [2.45, 2.75) is 39.2 Å². The van der Waals surface area contributed by atoms with Gasteiger partial charge < -0.3 is 14.8 Å². The first-order chi connectivity index (χ1) is 19.4. The number of nitrogens with one attached hydrogen (secondary N) is 1. The largest absolute Gasteiger partial charge is 0.490 e. The van der Waals surface area contributed by atoms with E-state index in [1.54, 1.807) is 29.7 Å². The highest BCUT2D eigenvalue weighted by atomic mass is 127. The highest BCUT2D eigenvalue weighted by Gasteiger charge is 2.25. The first-order valence-corrected chi connectivity index (χ1v) is 15.7. The fourth-order valence-electron chi connectivity index (χ4n) is 4.58. The van der Waals surface area contributed by atoms with Gasteiger partial charge in [-0.1, -0.05) is 47.5 Å². The molecule has 0 saturated carbocycles. The molecule has 4 aromatic rings. The van der Waals surface area contributed by atoms with Crippen LogP contribution < -0.4 is 14.8 Å². The third-order valence-electron chi connectivity index (χ3n) is 6.44. The maximum Gasteiger partial charge on any atom is 0.259 e. The van der Waals surface area contributed by atoms with Crippen LogP contribution >= 0.6 is 57.1 Å². The maximum absolute atomic E-state index is 13.4. The van der Waals surface area contributed by atoms with Crippen molar-refractivity contribution in [1.82, 2.24) is 0 Å². The number of amides is 1. The Balaban J connectivity index is 1.42. The second-order valence-corrected chi connectivity index (χ2v) is 12.3. The van der Waals surface area contributed by atoms with Crippen LogP contribution in [0.1, 0.15) is 51.7 Å². The number of halogens is 3. The molecule has 5 rings (SSSR count). The monoisotopic (exact) mass is 704 g/mol. The summed E-state index contributed by atoms with van der Waals surface area (Å²) in [5, 5.41) is 4.77. The quantitative estimate of drug-likeness (QED) is 0.140. The molecule has 0 radical (unpaired) electrons. The van der Waals surface area contributed by atoms with Crippen molar-refractivity contribution in [2.75, 3.05) is 11.9 Å². The van der Waals surface area contributed by atoms with Gasteiger partial charge in [0.15, 0.2) is 11.5 Å². The van der Waals surface area contributed by atoms with Gasteiger partial charge in [-0.2, -0.15) is 0 Å². The molecular weight excluding hydrogens is 678 g/mol. The fourth-order valence-corrected chi connectivity index (χ4v) is 6.91. The first kappa shape index (κ1) is 28.9. The van der Waals surface area contributed by atoms with Crippen molar-refractivity contribution in [2.24, 2.45) is 4.99 Å². The maximum atomic E-state index is 13.4. The molecule has 0 atom stereocenters. The number of thiophene rings is 1. The minimum atomic E-state index is -0.117. The molecule has 1 heterocycles. The molecule has 1 aromatic heterocycles. The summed E-state index contributed by atoms with van der Waals surface area (Å²) in [6, 6.07) is 18.9. The second kappa shape index (κ2) is 13.4. The smallest absolute Gasteiger partial charge is 0.259 e. The normalized spacial score (nSPS) is 12.8. The van der Waals surface area contributed by atoms with Gasteiger partial charge in [-0.05, 0) is 108 Å². The van der Waals surface area contributed by atoms with Crippen molar-refractivity contribution in [3.63, 3.8) is 0 Å². The zero-order valence-electron chi connectivity index (χ0n) is 21.8. The first-order valence-electron chi connectivity index (χ1n) is 13.0. The van der Waals surface area contributed by atoms with Crippen molar-refractivity contribution in [3.05, 3.63) is 101 Å². The molecule has 5 nitrogen and oxygen atoms in total. The average molecular weight is 705 g/mol. The molecule has 1 aliphatic carbocycles. The van der Waals surface area contributed by atoms with Crippen molar-refractivity contribution in [1.29, 1.82) is 0 Å². The molecule has 0 fully saturated rings. The standard InChI is InChI=1S/C31H27Cl2IN2O3S/c1-2-38-26-16-20(15-25(34)29(26)39-18-19-12-13-23(32)24(33)14-19)17-35-31-28(22-10-6-7-11-27(22)40-31)30(37)36-21-8-4-3-5-9-21/h3-5,8-9,12-17H,2,6-7,10-11,18H2,1H3,(H,36,37). The van der Waals surface area contributed by atoms with Crippen LogP contribution in [0.3, 0.4) is 0 Å². The molecule has 0 saturated heterocycles. The Bertz CT molecular complexity index is 1560. The van der Waals surface area contributed by atoms with Crippen LogP contribution in [0, 0.1) is 3.57 Å². The Kier molecular flexibility index (Phi) is 9.68. The van der Waals surface area contributed by atoms with Crippen LogP contribution in [-0.2, 0) is 19.4 Å². The van der Waals surface area contributed by atoms with Crippen LogP contribution in [0.4, 0.5) is 10.7 Å². The molecule has 9 heteroatoms. The zero-order chi connectivity index (χ0) is 28.1. The number of hydrogen-bond acceptors (Lipinski definition) is 5. The molecule has 206 valence electrons. The number of ether oxygens (including phenoxy) is 2. The van der Waals surface area contributed by atoms with Crippen LogP contribution in [-0.4, -0.2) is 18.7 Å². The number of carbonyl (C=O) groups excluding carboxylic acids is 1. The van der Waals surface area contributed by atoms with E-state index < -0.39 is 0 Å². The van der Waals surface area contributed by atoms with E-state index in [2.05, 4.69) is 27.9 Å². The van der Waals surface area contributed by atoms with E-state index in [1.165, 1.54) is 4.88 Å². The third kappa shape index (κ3) is 6.82. The minimum absolute atomic E-state index is 0.117. The number of para-hydroxylation sites is 1. The Morgan fingerprint density at radius 3 is 2.62 bits per heavy atom. The number of aryl methyl sites for hydroxylation is 1. The molecule has 3 aromatic carbocycles. The molecule has 1 N–H and O–H groups in total. The number of aliphatic imine (C=N–C) groups is 1. The van der Waals surface area contributed by atoms with E-state index >= 15 is 0 Å². The summed E-state index contributed by atoms with van der Waals surface area (Å²) in [5.41, 5.74) is 4.34. The summed E-state index contributed by atoms with van der Waals surface area (Å²) in [4.78, 5) is 19.5. The fraction of sp³-hybridized carbons (Fsp3) is 0.226. The van der Waals surface area contributed by atoms with Gasteiger partial charge in [0, 0.05) is 16.8 Å². The number of fused-ring (bicyclic) bond motifs is 1. The minimum Gasteiger partial charge on any atom is -0.490 e. The van der Waals surface area contributed by atoms with Gasteiger partial charge in [0.2, 0.25) is 0 Å². The SMILES string of the molecule is CCOc1cc(C=Nc2sc3c(c2C(=O)Nc2ccccc2)CCCC3)cc(I)c1OCc1ccc(Cl)c(Cl)c1. The predicted octanol–water partition coefficient (Wildman–Crippen LogP) is 9.52. The van der Waals surface area contributed by atoms with Crippen molar-refractivity contribution in [3.8, 4) is 11.5 Å². The zero-order valence-corrected chi connectivity index (χ0v) is 26.3. The molecule has 0 aliphatic heterocycles. The molecule has 1 amide bonds. The van der Waals surface area contributed by atoms with E-state index in [4.69, 9.17) is 37.7 Å². The topological polar surface area (TPSA) is 59.9 Å². The summed E-state index contributed by atoms with van der Waals surface area (Å²) in [6.07, 6.45) is 5.90. The van der Waals surface area contributed by atoms with E-state index in [1.807, 2.05) is 55.5 Å². The molecule has 0 bridgehead atoms. The van der Waals surface area contributed by atoms with E-state index in [9.17, 15) is 4.79 Å². The van der Waals surface area contributed by atoms with Gasteiger partial charge >= 0.3 is 0 Å². The Morgan fingerprint density at radius 2 is 1.85 bits per heavy atom. The number of nitrogens with zero attached hydrogens (tertiary/aromatic N) is 1. The molecule has 0 spiro atoms. The summed E-state index contributed by atoms with van der Waals surface area (Å²) >= 11 is 16.1. The lowest BCUT2D eigenvalue weighted by atomic mass is 9.95. The van der Waals surface area contributed by atoms with E-state index in [-0.39, 0.29) is 5.91 Å². The molecule has 40 heavy (non-hydrogen) atoms. The van der Waals surface area contributed by atoms with E-state index in [0.717, 1.165) is 56.6 Å². The summed E-state index contributed by atoms with van der Waals surface area (Å²) < 4.78 is 13.0. The van der Waals surface area contributed by atoms with E-state index in [0.29, 0.717) is 40.3 Å².